The quantitative estimate of drug-likeness (QED) is 0.865. The smallest absolute Gasteiger partial charge is 0.0694 e. The zero-order valence-electron chi connectivity index (χ0n) is 8.74. The van der Waals surface area contributed by atoms with E-state index in [2.05, 4.69) is 17.9 Å². The van der Waals surface area contributed by atoms with Crippen LogP contribution in [0.25, 0.3) is 0 Å². The number of nitrogens with zero attached hydrogens (tertiary/aromatic N) is 1. The first-order valence-corrected chi connectivity index (χ1v) is 6.38. The molecule has 0 amide bonds. The van der Waals surface area contributed by atoms with Gasteiger partial charge in [0.05, 0.1) is 10.7 Å². The Balaban J connectivity index is 2.38. The third kappa shape index (κ3) is 2.25. The summed E-state index contributed by atoms with van der Waals surface area (Å²) in [4.78, 5) is 3.56. The van der Waals surface area contributed by atoms with Gasteiger partial charge >= 0.3 is 0 Å². The third-order valence-corrected chi connectivity index (χ3v) is 3.91. The van der Waals surface area contributed by atoms with Gasteiger partial charge in [-0.1, -0.05) is 24.6 Å². The van der Waals surface area contributed by atoms with E-state index in [4.69, 9.17) is 17.3 Å². The summed E-state index contributed by atoms with van der Waals surface area (Å²) in [5, 5.41) is 1.43. The van der Waals surface area contributed by atoms with Crippen LogP contribution in [0.5, 0.6) is 0 Å². The van der Waals surface area contributed by atoms with Gasteiger partial charge in [0, 0.05) is 29.8 Å². The summed E-state index contributed by atoms with van der Waals surface area (Å²) in [7, 11) is 0. The van der Waals surface area contributed by atoms with Gasteiger partial charge in [-0.15, -0.1) is 11.8 Å². The second kappa shape index (κ2) is 4.64. The summed E-state index contributed by atoms with van der Waals surface area (Å²) in [5.74, 6) is 0. The van der Waals surface area contributed by atoms with Crippen molar-refractivity contribution in [2.24, 2.45) is 5.73 Å². The van der Waals surface area contributed by atoms with Crippen LogP contribution in [0, 0.1) is 0 Å². The van der Waals surface area contributed by atoms with E-state index in [1.165, 1.54) is 4.90 Å². The summed E-state index contributed by atoms with van der Waals surface area (Å²) in [5.41, 5.74) is 6.78. The molecule has 82 valence electrons. The van der Waals surface area contributed by atoms with Gasteiger partial charge in [-0.25, -0.2) is 0 Å². The first-order valence-electron chi connectivity index (χ1n) is 5.12. The minimum atomic E-state index is 0.600. The molecule has 0 bridgehead atoms. The fraction of sp³-hybridized carbons (Fsp3) is 0.455. The Labute approximate surface area is 99.8 Å². The number of hydrogen-bond donors (Lipinski definition) is 1. The van der Waals surface area contributed by atoms with Crippen molar-refractivity contribution in [2.45, 2.75) is 17.1 Å². The molecule has 15 heavy (non-hydrogen) atoms. The number of halogens is 1. The zero-order chi connectivity index (χ0) is 10.8. The van der Waals surface area contributed by atoms with E-state index in [9.17, 15) is 0 Å². The number of benzene rings is 1. The standard InChI is InChI=1S/C11H15ClN2S/c1-8-7-14(6-5-13)11-9(12)3-2-4-10(11)15-8/h2-4,8H,5-7,13H2,1H3. The molecule has 0 radical (unpaired) electrons. The Morgan fingerprint density at radius 2 is 2.40 bits per heavy atom. The maximum atomic E-state index is 6.22. The fourth-order valence-corrected chi connectivity index (χ4v) is 3.46. The summed E-state index contributed by atoms with van der Waals surface area (Å²) < 4.78 is 0. The van der Waals surface area contributed by atoms with E-state index in [1.54, 1.807) is 0 Å². The van der Waals surface area contributed by atoms with Crippen molar-refractivity contribution in [3.05, 3.63) is 23.2 Å². The predicted octanol–water partition coefficient (Wildman–Crippen LogP) is 2.60. The highest BCUT2D eigenvalue weighted by Crippen LogP contribution is 2.42. The molecule has 0 aliphatic carbocycles. The van der Waals surface area contributed by atoms with E-state index in [-0.39, 0.29) is 0 Å². The Kier molecular flexibility index (Phi) is 3.44. The summed E-state index contributed by atoms with van der Waals surface area (Å²) in [6, 6.07) is 6.08. The lowest BCUT2D eigenvalue weighted by molar-refractivity contribution is 0.753. The van der Waals surface area contributed by atoms with Gasteiger partial charge in [-0.3, -0.25) is 0 Å². The Bertz CT molecular complexity index is 356. The summed E-state index contributed by atoms with van der Waals surface area (Å²) in [6.45, 7) is 4.81. The van der Waals surface area contributed by atoms with E-state index in [0.717, 1.165) is 23.8 Å². The molecule has 1 atom stereocenters. The average molecular weight is 243 g/mol. The fourth-order valence-electron chi connectivity index (χ4n) is 1.91. The van der Waals surface area contributed by atoms with Crippen LogP contribution >= 0.6 is 23.4 Å². The average Bonchev–Trinajstić information content (AvgIpc) is 2.17. The first-order chi connectivity index (χ1) is 7.22. The molecule has 0 spiro atoms. The molecule has 1 heterocycles. The lowest BCUT2D eigenvalue weighted by Crippen LogP contribution is -2.37. The van der Waals surface area contributed by atoms with E-state index in [1.807, 2.05) is 23.9 Å². The molecule has 1 aromatic rings. The molecule has 2 rings (SSSR count). The molecule has 0 fully saturated rings. The lowest BCUT2D eigenvalue weighted by atomic mass is 10.2. The second-order valence-electron chi connectivity index (χ2n) is 3.75. The molecule has 1 aromatic carbocycles. The predicted molar refractivity (Wildman–Crippen MR) is 68.0 cm³/mol. The van der Waals surface area contributed by atoms with Gasteiger partial charge in [0.1, 0.15) is 0 Å². The number of anilines is 1. The van der Waals surface area contributed by atoms with Crippen molar-refractivity contribution in [3.63, 3.8) is 0 Å². The SMILES string of the molecule is CC1CN(CCN)c2c(Cl)cccc2S1. The number of fused-ring (bicyclic) bond motifs is 1. The topological polar surface area (TPSA) is 29.3 Å². The molecule has 1 unspecified atom stereocenters. The number of rotatable bonds is 2. The van der Waals surface area contributed by atoms with Crippen LogP contribution in [0.15, 0.2) is 23.1 Å². The van der Waals surface area contributed by atoms with Crippen LogP contribution in [-0.4, -0.2) is 24.9 Å². The highest BCUT2D eigenvalue weighted by atomic mass is 35.5. The van der Waals surface area contributed by atoms with Gasteiger partial charge in [0.15, 0.2) is 0 Å². The van der Waals surface area contributed by atoms with Crippen molar-refractivity contribution >= 4 is 29.1 Å². The maximum Gasteiger partial charge on any atom is 0.0694 e. The normalized spacial score (nSPS) is 20.2. The minimum Gasteiger partial charge on any atom is -0.367 e. The minimum absolute atomic E-state index is 0.600. The molecule has 0 saturated heterocycles. The number of nitrogens with two attached hydrogens (primary N) is 1. The molecule has 1 aliphatic heterocycles. The first kappa shape index (κ1) is 11.1. The van der Waals surface area contributed by atoms with E-state index in [0.29, 0.717) is 11.8 Å². The molecule has 0 saturated carbocycles. The zero-order valence-corrected chi connectivity index (χ0v) is 10.3. The highest BCUT2D eigenvalue weighted by molar-refractivity contribution is 8.00. The van der Waals surface area contributed by atoms with Crippen LogP contribution < -0.4 is 10.6 Å². The molecule has 1 aliphatic rings. The number of thioether (sulfide) groups is 1. The molecule has 2 N–H and O–H groups in total. The summed E-state index contributed by atoms with van der Waals surface area (Å²) >= 11 is 8.11. The van der Waals surface area contributed by atoms with Crippen molar-refractivity contribution < 1.29 is 0 Å². The molecular weight excluding hydrogens is 228 g/mol. The second-order valence-corrected chi connectivity index (χ2v) is 5.64. The lowest BCUT2D eigenvalue weighted by Gasteiger charge is -2.34. The maximum absolute atomic E-state index is 6.22. The molecule has 2 nitrogen and oxygen atoms in total. The van der Waals surface area contributed by atoms with Crippen LogP contribution in [-0.2, 0) is 0 Å². The van der Waals surface area contributed by atoms with Crippen LogP contribution in [0.1, 0.15) is 6.92 Å². The van der Waals surface area contributed by atoms with Gasteiger partial charge in [0.25, 0.3) is 0 Å². The van der Waals surface area contributed by atoms with Crippen molar-refractivity contribution in [1.82, 2.24) is 0 Å². The van der Waals surface area contributed by atoms with Crippen molar-refractivity contribution in [3.8, 4) is 0 Å². The highest BCUT2D eigenvalue weighted by Gasteiger charge is 2.23. The van der Waals surface area contributed by atoms with Crippen LogP contribution in [0.2, 0.25) is 5.02 Å². The molecule has 4 heteroatoms. The van der Waals surface area contributed by atoms with E-state index >= 15 is 0 Å². The van der Waals surface area contributed by atoms with Crippen molar-refractivity contribution in [1.29, 1.82) is 0 Å². The van der Waals surface area contributed by atoms with Gasteiger partial charge in [0.2, 0.25) is 0 Å². The third-order valence-electron chi connectivity index (χ3n) is 2.47. The van der Waals surface area contributed by atoms with E-state index < -0.39 is 0 Å². The Morgan fingerprint density at radius 3 is 3.13 bits per heavy atom. The van der Waals surface area contributed by atoms with Gasteiger partial charge in [-0.05, 0) is 12.1 Å². The van der Waals surface area contributed by atoms with Crippen LogP contribution in [0.3, 0.4) is 0 Å². The van der Waals surface area contributed by atoms with Gasteiger partial charge in [-0.2, -0.15) is 0 Å². The number of hydrogen-bond acceptors (Lipinski definition) is 3. The van der Waals surface area contributed by atoms with Crippen LogP contribution in [0.4, 0.5) is 5.69 Å². The largest absolute Gasteiger partial charge is 0.367 e. The monoisotopic (exact) mass is 242 g/mol. The summed E-state index contributed by atoms with van der Waals surface area (Å²) in [6.07, 6.45) is 0. The number of para-hydroxylation sites is 1. The Morgan fingerprint density at radius 1 is 1.60 bits per heavy atom. The van der Waals surface area contributed by atoms with Gasteiger partial charge < -0.3 is 10.6 Å². The molecular formula is C11H15ClN2S. The molecule has 0 aromatic heterocycles. The van der Waals surface area contributed by atoms with Crippen molar-refractivity contribution in [2.75, 3.05) is 24.5 Å². The Hall–Kier alpha value is -0.380.